The molecule has 1 aliphatic carbocycles. The van der Waals surface area contributed by atoms with E-state index in [0.29, 0.717) is 17.8 Å². The highest BCUT2D eigenvalue weighted by atomic mass is 16.5. The molecule has 1 aromatic carbocycles. The number of piperidine rings is 1. The van der Waals surface area contributed by atoms with Gasteiger partial charge < -0.3 is 14.6 Å². The minimum atomic E-state index is -0.404. The monoisotopic (exact) mass is 396 g/mol. The molecule has 29 heavy (non-hydrogen) atoms. The highest BCUT2D eigenvalue weighted by Gasteiger charge is 2.49. The maximum Gasteiger partial charge on any atom is 0.235 e. The number of benzene rings is 1. The smallest absolute Gasteiger partial charge is 0.235 e. The van der Waals surface area contributed by atoms with E-state index in [1.807, 2.05) is 25.1 Å². The van der Waals surface area contributed by atoms with Crippen LogP contribution in [-0.2, 0) is 10.2 Å². The predicted molar refractivity (Wildman–Crippen MR) is 108 cm³/mol. The molecule has 1 spiro atoms. The molecular formula is C22H28N4O3. The second-order valence-electron chi connectivity index (χ2n) is 8.69. The Balaban J connectivity index is 1.30. The number of likely N-dealkylation sites (tertiary alicyclic amines) is 1. The average Bonchev–Trinajstić information content (AvgIpc) is 3.30. The lowest BCUT2D eigenvalue weighted by molar-refractivity contribution is -0.122. The SMILES string of the molecule is COc1ccc2c(c1)C1(CCC(N3CCC[C@@H](c4nc(C)no4)C3)CC1)C(=O)N2. The van der Waals surface area contributed by atoms with Crippen molar-refractivity contribution in [3.63, 3.8) is 0 Å². The fourth-order valence-corrected chi connectivity index (χ4v) is 5.50. The molecule has 0 bridgehead atoms. The van der Waals surface area contributed by atoms with Crippen molar-refractivity contribution in [1.82, 2.24) is 15.0 Å². The quantitative estimate of drug-likeness (QED) is 0.856. The Morgan fingerprint density at radius 2 is 2.10 bits per heavy atom. The largest absolute Gasteiger partial charge is 0.497 e. The van der Waals surface area contributed by atoms with Crippen LogP contribution in [0.2, 0.25) is 0 Å². The number of carbonyl (C=O) groups excluding carboxylic acids is 1. The number of rotatable bonds is 3. The van der Waals surface area contributed by atoms with E-state index in [1.165, 1.54) is 0 Å². The summed E-state index contributed by atoms with van der Waals surface area (Å²) < 4.78 is 10.9. The first-order chi connectivity index (χ1) is 14.1. The molecule has 7 heteroatoms. The lowest BCUT2D eigenvalue weighted by Crippen LogP contribution is -2.48. The van der Waals surface area contributed by atoms with Crippen LogP contribution in [0.25, 0.3) is 0 Å². The molecule has 1 N–H and O–H groups in total. The molecular weight excluding hydrogens is 368 g/mol. The van der Waals surface area contributed by atoms with Gasteiger partial charge in [-0.05, 0) is 75.8 Å². The zero-order valence-electron chi connectivity index (χ0n) is 17.1. The van der Waals surface area contributed by atoms with Gasteiger partial charge in [-0.25, -0.2) is 0 Å². The van der Waals surface area contributed by atoms with Crippen molar-refractivity contribution in [1.29, 1.82) is 0 Å². The highest BCUT2D eigenvalue weighted by Crippen LogP contribution is 2.49. The summed E-state index contributed by atoms with van der Waals surface area (Å²) in [7, 11) is 1.67. The summed E-state index contributed by atoms with van der Waals surface area (Å²) in [5.41, 5.74) is 1.65. The standard InChI is InChI=1S/C22H28N4O3/c1-14-23-20(29-25-14)15-4-3-11-26(13-15)16-7-9-22(10-8-16)18-12-17(28-2)5-6-19(18)24-21(22)27/h5-6,12,15-16H,3-4,7-11,13H2,1-2H3,(H,24,27)/t15-,16?,22?/m1/s1. The van der Waals surface area contributed by atoms with Gasteiger partial charge in [0.2, 0.25) is 11.8 Å². The molecule has 5 rings (SSSR count). The van der Waals surface area contributed by atoms with Crippen LogP contribution in [0, 0.1) is 6.92 Å². The number of nitrogens with one attached hydrogen (secondary N) is 1. The Morgan fingerprint density at radius 1 is 1.28 bits per heavy atom. The number of methoxy groups -OCH3 is 1. The summed E-state index contributed by atoms with van der Waals surface area (Å²) in [6.45, 7) is 3.95. The fourth-order valence-electron chi connectivity index (χ4n) is 5.50. The maximum absolute atomic E-state index is 12.9. The van der Waals surface area contributed by atoms with Gasteiger partial charge in [0.1, 0.15) is 5.75 Å². The van der Waals surface area contributed by atoms with E-state index in [1.54, 1.807) is 7.11 Å². The minimum absolute atomic E-state index is 0.150. The lowest BCUT2D eigenvalue weighted by atomic mass is 9.68. The molecule has 0 radical (unpaired) electrons. The van der Waals surface area contributed by atoms with Crippen LogP contribution in [0.3, 0.4) is 0 Å². The summed E-state index contributed by atoms with van der Waals surface area (Å²) in [6.07, 6.45) is 6.06. The second kappa shape index (κ2) is 7.13. The summed E-state index contributed by atoms with van der Waals surface area (Å²) >= 11 is 0. The van der Waals surface area contributed by atoms with Crippen molar-refractivity contribution in [2.24, 2.45) is 0 Å². The molecule has 1 atom stereocenters. The summed E-state index contributed by atoms with van der Waals surface area (Å²) in [5.74, 6) is 2.77. The van der Waals surface area contributed by atoms with Crippen LogP contribution in [-0.4, -0.2) is 47.2 Å². The van der Waals surface area contributed by atoms with Gasteiger partial charge in [-0.3, -0.25) is 9.69 Å². The Morgan fingerprint density at radius 3 is 2.83 bits per heavy atom. The normalized spacial score (nSPS) is 29.7. The number of hydrogen-bond acceptors (Lipinski definition) is 6. The number of anilines is 1. The Bertz CT molecular complexity index is 917. The molecule has 1 aromatic heterocycles. The Kier molecular flexibility index (Phi) is 4.57. The number of nitrogens with zero attached hydrogens (tertiary/aromatic N) is 3. The first kappa shape index (κ1) is 18.6. The van der Waals surface area contributed by atoms with E-state index < -0.39 is 5.41 Å². The molecule has 3 aliphatic rings. The first-order valence-electron chi connectivity index (χ1n) is 10.6. The highest BCUT2D eigenvalue weighted by molar-refractivity contribution is 6.06. The molecule has 2 fully saturated rings. The van der Waals surface area contributed by atoms with E-state index in [-0.39, 0.29) is 5.91 Å². The van der Waals surface area contributed by atoms with Crippen molar-refractivity contribution < 1.29 is 14.1 Å². The van der Waals surface area contributed by atoms with E-state index >= 15 is 0 Å². The average molecular weight is 396 g/mol. The van der Waals surface area contributed by atoms with Crippen LogP contribution >= 0.6 is 0 Å². The zero-order valence-corrected chi connectivity index (χ0v) is 17.1. The third-order valence-corrected chi connectivity index (χ3v) is 7.10. The number of aromatic nitrogens is 2. The van der Waals surface area contributed by atoms with Crippen molar-refractivity contribution >= 4 is 11.6 Å². The van der Waals surface area contributed by atoms with Crippen molar-refractivity contribution in [2.75, 3.05) is 25.5 Å². The second-order valence-corrected chi connectivity index (χ2v) is 8.69. The molecule has 3 heterocycles. The van der Waals surface area contributed by atoms with Crippen LogP contribution in [0.5, 0.6) is 5.75 Å². The van der Waals surface area contributed by atoms with Crippen molar-refractivity contribution in [3.05, 3.63) is 35.5 Å². The predicted octanol–water partition coefficient (Wildman–Crippen LogP) is 3.40. The van der Waals surface area contributed by atoms with Crippen molar-refractivity contribution in [2.45, 2.75) is 62.8 Å². The van der Waals surface area contributed by atoms with Crippen LogP contribution < -0.4 is 10.1 Å². The van der Waals surface area contributed by atoms with Gasteiger partial charge in [0.25, 0.3) is 0 Å². The molecule has 2 aromatic rings. The van der Waals surface area contributed by atoms with Crippen LogP contribution in [0.15, 0.2) is 22.7 Å². The molecule has 1 saturated heterocycles. The molecule has 0 unspecified atom stereocenters. The fraction of sp³-hybridized carbons (Fsp3) is 0.591. The lowest BCUT2D eigenvalue weighted by Gasteiger charge is -2.43. The number of amides is 1. The maximum atomic E-state index is 12.9. The summed E-state index contributed by atoms with van der Waals surface area (Å²) in [6, 6.07) is 6.43. The number of aryl methyl sites for hydroxylation is 1. The van der Waals surface area contributed by atoms with E-state index in [0.717, 1.165) is 74.5 Å². The molecule has 1 saturated carbocycles. The van der Waals surface area contributed by atoms with Crippen LogP contribution in [0.4, 0.5) is 5.69 Å². The van der Waals surface area contributed by atoms with Gasteiger partial charge in [-0.1, -0.05) is 5.16 Å². The third-order valence-electron chi connectivity index (χ3n) is 7.10. The number of ether oxygens (including phenoxy) is 1. The van der Waals surface area contributed by atoms with Gasteiger partial charge in [-0.2, -0.15) is 4.98 Å². The Hall–Kier alpha value is -2.41. The van der Waals surface area contributed by atoms with Gasteiger partial charge in [-0.15, -0.1) is 0 Å². The van der Waals surface area contributed by atoms with Crippen molar-refractivity contribution in [3.8, 4) is 5.75 Å². The van der Waals surface area contributed by atoms with Gasteiger partial charge in [0.05, 0.1) is 18.4 Å². The first-order valence-corrected chi connectivity index (χ1v) is 10.6. The Labute approximate surface area is 170 Å². The molecule has 154 valence electrons. The molecule has 1 amide bonds. The number of fused-ring (bicyclic) bond motifs is 2. The third kappa shape index (κ3) is 3.12. The van der Waals surface area contributed by atoms with E-state index in [4.69, 9.17) is 9.26 Å². The number of hydrogen-bond donors (Lipinski definition) is 1. The zero-order chi connectivity index (χ0) is 20.0. The summed E-state index contributed by atoms with van der Waals surface area (Å²) in [4.78, 5) is 20.0. The van der Waals surface area contributed by atoms with Gasteiger partial charge in [0, 0.05) is 18.3 Å². The molecule has 2 aliphatic heterocycles. The summed E-state index contributed by atoms with van der Waals surface area (Å²) in [5, 5.41) is 7.06. The molecule has 7 nitrogen and oxygen atoms in total. The van der Waals surface area contributed by atoms with Crippen LogP contribution in [0.1, 0.15) is 61.7 Å². The number of carbonyl (C=O) groups is 1. The minimum Gasteiger partial charge on any atom is -0.497 e. The van der Waals surface area contributed by atoms with Gasteiger partial charge >= 0.3 is 0 Å². The van der Waals surface area contributed by atoms with E-state index in [2.05, 4.69) is 20.4 Å². The van der Waals surface area contributed by atoms with Gasteiger partial charge in [0.15, 0.2) is 5.82 Å². The topological polar surface area (TPSA) is 80.5 Å². The van der Waals surface area contributed by atoms with E-state index in [9.17, 15) is 4.79 Å².